The number of halogens is 6. The molecule has 198 valence electrons. The maximum Gasteiger partial charge on any atom is 0.416 e. The van der Waals surface area contributed by atoms with Crippen LogP contribution in [0.3, 0.4) is 0 Å². The molecular formula is C22H19F6N5O4. The van der Waals surface area contributed by atoms with Crippen LogP contribution in [0, 0.1) is 0 Å². The van der Waals surface area contributed by atoms with Gasteiger partial charge >= 0.3 is 24.4 Å². The highest BCUT2D eigenvalue weighted by Gasteiger charge is 2.37. The minimum Gasteiger partial charge on any atom is -0.480 e. The number of aromatic nitrogens is 4. The van der Waals surface area contributed by atoms with Crippen LogP contribution in [0.25, 0.3) is 11.3 Å². The van der Waals surface area contributed by atoms with Gasteiger partial charge in [0.05, 0.1) is 35.3 Å². The Kier molecular flexibility index (Phi) is 6.88. The van der Waals surface area contributed by atoms with Crippen molar-refractivity contribution in [3.63, 3.8) is 0 Å². The lowest BCUT2D eigenvalue weighted by Gasteiger charge is -2.20. The van der Waals surface area contributed by atoms with E-state index in [1.807, 2.05) is 0 Å². The van der Waals surface area contributed by atoms with E-state index in [9.17, 15) is 35.9 Å². The second-order valence-electron chi connectivity index (χ2n) is 8.31. The molecule has 0 aliphatic carbocycles. The highest BCUT2D eigenvalue weighted by Crippen LogP contribution is 2.36. The molecule has 0 saturated carbocycles. The van der Waals surface area contributed by atoms with E-state index in [0.717, 1.165) is 0 Å². The van der Waals surface area contributed by atoms with Gasteiger partial charge in [0, 0.05) is 24.8 Å². The molecule has 0 bridgehead atoms. The zero-order chi connectivity index (χ0) is 27.0. The third kappa shape index (κ3) is 6.21. The molecular weight excluding hydrogens is 512 g/mol. The van der Waals surface area contributed by atoms with Gasteiger partial charge in [0.25, 0.3) is 0 Å². The van der Waals surface area contributed by atoms with E-state index in [-0.39, 0.29) is 25.7 Å². The van der Waals surface area contributed by atoms with E-state index in [1.54, 1.807) is 10.7 Å². The Labute approximate surface area is 204 Å². The SMILES string of the molecule is O=C(O)Cn1cc(-c2cc3n(n2)CCCN(C(=O)OCc2cc(C(F)(F)F)cc(C(F)(F)F)c2)C3)cn1. The highest BCUT2D eigenvalue weighted by molar-refractivity contribution is 5.68. The number of carboxylic acid groups (broad SMARTS) is 1. The first-order valence-electron chi connectivity index (χ1n) is 10.8. The summed E-state index contributed by atoms with van der Waals surface area (Å²) >= 11 is 0. The molecule has 1 aliphatic rings. The van der Waals surface area contributed by atoms with E-state index in [2.05, 4.69) is 10.2 Å². The first kappa shape index (κ1) is 26.0. The molecule has 0 fully saturated rings. The number of aryl methyl sites for hydroxylation is 1. The van der Waals surface area contributed by atoms with Crippen molar-refractivity contribution in [3.8, 4) is 11.3 Å². The summed E-state index contributed by atoms with van der Waals surface area (Å²) in [4.78, 5) is 24.8. The van der Waals surface area contributed by atoms with Crippen molar-refractivity contribution in [3.05, 3.63) is 59.0 Å². The van der Waals surface area contributed by atoms with Crippen molar-refractivity contribution >= 4 is 12.1 Å². The molecule has 3 aromatic rings. The van der Waals surface area contributed by atoms with E-state index in [4.69, 9.17) is 9.84 Å². The van der Waals surface area contributed by atoms with Crippen molar-refractivity contribution in [2.24, 2.45) is 0 Å². The molecule has 0 spiro atoms. The number of carbonyl (C=O) groups excluding carboxylic acids is 1. The molecule has 1 N–H and O–H groups in total. The van der Waals surface area contributed by atoms with Crippen molar-refractivity contribution in [1.82, 2.24) is 24.5 Å². The molecule has 0 atom stereocenters. The van der Waals surface area contributed by atoms with Gasteiger partial charge in [-0.2, -0.15) is 36.5 Å². The Morgan fingerprint density at radius 2 is 1.68 bits per heavy atom. The lowest BCUT2D eigenvalue weighted by Crippen LogP contribution is -2.31. The third-order valence-corrected chi connectivity index (χ3v) is 5.51. The molecule has 4 rings (SSSR count). The number of benzene rings is 1. The number of carbonyl (C=O) groups is 2. The van der Waals surface area contributed by atoms with Crippen molar-refractivity contribution < 1.29 is 45.8 Å². The van der Waals surface area contributed by atoms with Crippen LogP contribution in [0.4, 0.5) is 31.1 Å². The number of rotatable bonds is 5. The van der Waals surface area contributed by atoms with Gasteiger partial charge in [-0.1, -0.05) is 0 Å². The highest BCUT2D eigenvalue weighted by atomic mass is 19.4. The smallest absolute Gasteiger partial charge is 0.416 e. The molecule has 0 unspecified atom stereocenters. The minimum atomic E-state index is -5.01. The Bertz CT molecular complexity index is 1280. The quantitative estimate of drug-likeness (QED) is 0.490. The number of nitrogens with zero attached hydrogens (tertiary/aromatic N) is 5. The number of amides is 1. The average molecular weight is 531 g/mol. The molecule has 37 heavy (non-hydrogen) atoms. The Morgan fingerprint density at radius 1 is 1.00 bits per heavy atom. The number of ether oxygens (including phenoxy) is 1. The summed E-state index contributed by atoms with van der Waals surface area (Å²) in [5.41, 5.74) is -1.78. The molecule has 0 saturated heterocycles. The normalized spacial score (nSPS) is 14.3. The molecule has 1 aromatic carbocycles. The number of carboxylic acids is 1. The van der Waals surface area contributed by atoms with Crippen LogP contribution >= 0.6 is 0 Å². The molecule has 2 aromatic heterocycles. The Morgan fingerprint density at radius 3 is 2.30 bits per heavy atom. The van der Waals surface area contributed by atoms with Crippen molar-refractivity contribution in [1.29, 1.82) is 0 Å². The van der Waals surface area contributed by atoms with Crippen molar-refractivity contribution in [2.45, 2.75) is 45.0 Å². The summed E-state index contributed by atoms with van der Waals surface area (Å²) < 4.78 is 86.4. The summed E-state index contributed by atoms with van der Waals surface area (Å²) in [7, 11) is 0. The number of aliphatic carboxylic acids is 1. The standard InChI is InChI=1S/C22H19F6N5O4/c23-21(24,25)15-4-13(5-16(6-15)22(26,27)28)12-37-20(36)31-2-1-3-33-17(10-31)7-18(30-33)14-8-29-32(9-14)11-19(34)35/h4-9H,1-3,10-12H2,(H,34,35). The van der Waals surface area contributed by atoms with Crippen LogP contribution < -0.4 is 0 Å². The summed E-state index contributed by atoms with van der Waals surface area (Å²) in [5.74, 6) is -1.07. The van der Waals surface area contributed by atoms with E-state index >= 15 is 0 Å². The maximum atomic E-state index is 13.1. The fourth-order valence-corrected chi connectivity index (χ4v) is 3.82. The number of hydrogen-bond donors (Lipinski definition) is 1. The van der Waals surface area contributed by atoms with Crippen LogP contribution in [0.1, 0.15) is 28.8 Å². The lowest BCUT2D eigenvalue weighted by atomic mass is 10.1. The largest absolute Gasteiger partial charge is 0.480 e. The second-order valence-corrected chi connectivity index (χ2v) is 8.31. The number of alkyl halides is 6. The predicted octanol–water partition coefficient (Wildman–Crippen LogP) is 4.41. The summed E-state index contributed by atoms with van der Waals surface area (Å²) in [6, 6.07) is 2.70. The molecule has 1 aliphatic heterocycles. The third-order valence-electron chi connectivity index (χ3n) is 5.51. The summed E-state index contributed by atoms with van der Waals surface area (Å²) in [5, 5.41) is 17.3. The minimum absolute atomic E-state index is 0.00422. The Hall–Kier alpha value is -4.04. The van der Waals surface area contributed by atoms with Crippen LogP contribution in [-0.4, -0.2) is 48.2 Å². The molecule has 3 heterocycles. The van der Waals surface area contributed by atoms with Crippen molar-refractivity contribution in [2.75, 3.05) is 6.54 Å². The van der Waals surface area contributed by atoms with Crippen LogP contribution in [0.5, 0.6) is 0 Å². The van der Waals surface area contributed by atoms with Gasteiger partial charge in [-0.3, -0.25) is 14.2 Å². The average Bonchev–Trinajstić information content (AvgIpc) is 3.37. The summed E-state index contributed by atoms with van der Waals surface area (Å²) in [6.07, 6.45) is -7.51. The number of fused-ring (bicyclic) bond motifs is 1. The fraction of sp³-hybridized carbons (Fsp3) is 0.364. The maximum absolute atomic E-state index is 13.1. The van der Waals surface area contributed by atoms with Gasteiger partial charge < -0.3 is 14.7 Å². The van der Waals surface area contributed by atoms with Gasteiger partial charge in [-0.25, -0.2) is 4.79 Å². The molecule has 1 amide bonds. The first-order valence-corrected chi connectivity index (χ1v) is 10.8. The first-order chi connectivity index (χ1) is 17.3. The second kappa shape index (κ2) is 9.78. The number of hydrogen-bond acceptors (Lipinski definition) is 5. The molecule has 15 heteroatoms. The molecule has 9 nitrogen and oxygen atoms in total. The van der Waals surface area contributed by atoms with Crippen LogP contribution in [0.2, 0.25) is 0 Å². The van der Waals surface area contributed by atoms with E-state index < -0.39 is 47.7 Å². The zero-order valence-electron chi connectivity index (χ0n) is 18.9. The van der Waals surface area contributed by atoms with Crippen LogP contribution in [-0.2, 0) is 48.1 Å². The van der Waals surface area contributed by atoms with E-state index in [0.29, 0.717) is 42.0 Å². The Balaban J connectivity index is 1.46. The molecule has 0 radical (unpaired) electrons. The lowest BCUT2D eigenvalue weighted by molar-refractivity contribution is -0.143. The fourth-order valence-electron chi connectivity index (χ4n) is 3.82. The van der Waals surface area contributed by atoms with Gasteiger partial charge in [0.1, 0.15) is 13.2 Å². The van der Waals surface area contributed by atoms with Gasteiger partial charge in [-0.05, 0) is 36.2 Å². The topological polar surface area (TPSA) is 102 Å². The van der Waals surface area contributed by atoms with Gasteiger partial charge in [0.2, 0.25) is 0 Å². The van der Waals surface area contributed by atoms with E-state index in [1.165, 1.54) is 22.0 Å². The monoisotopic (exact) mass is 531 g/mol. The summed E-state index contributed by atoms with van der Waals surface area (Å²) in [6.45, 7) is -0.417. The van der Waals surface area contributed by atoms with Crippen LogP contribution in [0.15, 0.2) is 36.7 Å². The van der Waals surface area contributed by atoms with Gasteiger partial charge in [0.15, 0.2) is 0 Å². The zero-order valence-corrected chi connectivity index (χ0v) is 18.9. The predicted molar refractivity (Wildman–Crippen MR) is 113 cm³/mol. The van der Waals surface area contributed by atoms with Gasteiger partial charge in [-0.15, -0.1) is 0 Å².